The van der Waals surface area contributed by atoms with Crippen LogP contribution in [0, 0.1) is 0 Å². The van der Waals surface area contributed by atoms with E-state index in [2.05, 4.69) is 0 Å². The number of rotatable bonds is 2. The molecule has 0 aliphatic rings. The smallest absolute Gasteiger partial charge is 0.281 e. The van der Waals surface area contributed by atoms with Crippen molar-refractivity contribution >= 4 is 0 Å². The first-order valence-corrected chi connectivity index (χ1v) is 3.59. The van der Waals surface area contributed by atoms with Gasteiger partial charge in [-0.3, -0.25) is 5.73 Å². The van der Waals surface area contributed by atoms with E-state index in [-0.39, 0.29) is 5.56 Å². The average Bonchev–Trinajstić information content (AvgIpc) is 2.04. The molecule has 1 aromatic carbocycles. The predicted octanol–water partition coefficient (Wildman–Crippen LogP) is -1.58. The molecular formula is C8H11NO4. The van der Waals surface area contributed by atoms with Gasteiger partial charge in [0.15, 0.2) is 0 Å². The second-order valence-electron chi connectivity index (χ2n) is 2.76. The molecule has 0 spiro atoms. The molecule has 5 nitrogen and oxygen atoms in total. The average molecular weight is 185 g/mol. The Labute approximate surface area is 74.7 Å². The van der Waals surface area contributed by atoms with Crippen molar-refractivity contribution in [1.82, 2.24) is 0 Å². The summed E-state index contributed by atoms with van der Waals surface area (Å²) in [4.78, 5) is 0. The predicted molar refractivity (Wildman–Crippen MR) is 43.9 cm³/mol. The Morgan fingerprint density at radius 3 is 1.77 bits per heavy atom. The van der Waals surface area contributed by atoms with Crippen molar-refractivity contribution in [2.75, 3.05) is 0 Å². The molecule has 72 valence electrons. The quantitative estimate of drug-likeness (QED) is 0.357. The number of nitrogens with two attached hydrogens (primary N) is 1. The highest BCUT2D eigenvalue weighted by atomic mass is 16.6. The van der Waals surface area contributed by atoms with Gasteiger partial charge >= 0.3 is 0 Å². The van der Waals surface area contributed by atoms with E-state index < -0.39 is 11.7 Å². The Bertz CT molecular complexity index is 278. The van der Waals surface area contributed by atoms with Crippen LogP contribution in [0.3, 0.4) is 0 Å². The van der Waals surface area contributed by atoms with Crippen molar-refractivity contribution in [3.05, 3.63) is 35.9 Å². The van der Waals surface area contributed by atoms with Crippen molar-refractivity contribution in [1.29, 1.82) is 0 Å². The van der Waals surface area contributed by atoms with Crippen LogP contribution < -0.4 is 5.73 Å². The van der Waals surface area contributed by atoms with Gasteiger partial charge in [0.2, 0.25) is 0 Å². The monoisotopic (exact) mass is 185 g/mol. The fourth-order valence-corrected chi connectivity index (χ4v) is 0.883. The molecule has 0 aromatic heterocycles. The first-order chi connectivity index (χ1) is 5.86. The van der Waals surface area contributed by atoms with E-state index in [4.69, 9.17) is 15.9 Å². The Hall–Kier alpha value is -0.980. The zero-order valence-corrected chi connectivity index (χ0v) is 6.75. The van der Waals surface area contributed by atoms with Crippen LogP contribution >= 0.6 is 0 Å². The highest BCUT2D eigenvalue weighted by Gasteiger charge is 2.45. The summed E-state index contributed by atoms with van der Waals surface area (Å²) in [6, 6.07) is 7.30. The summed E-state index contributed by atoms with van der Waals surface area (Å²) in [6.07, 6.45) is 0. The third-order valence-electron chi connectivity index (χ3n) is 1.69. The van der Waals surface area contributed by atoms with Gasteiger partial charge < -0.3 is 20.4 Å². The molecule has 0 heterocycles. The first kappa shape index (κ1) is 10.1. The second-order valence-corrected chi connectivity index (χ2v) is 2.76. The molecule has 5 heteroatoms. The van der Waals surface area contributed by atoms with Gasteiger partial charge in [-0.2, -0.15) is 0 Å². The second kappa shape index (κ2) is 3.06. The lowest BCUT2D eigenvalue weighted by atomic mass is 10.0. The molecule has 6 N–H and O–H groups in total. The van der Waals surface area contributed by atoms with Crippen molar-refractivity contribution in [3.8, 4) is 0 Å². The van der Waals surface area contributed by atoms with Gasteiger partial charge in [0.05, 0.1) is 0 Å². The minimum atomic E-state index is -3.09. The van der Waals surface area contributed by atoms with Gasteiger partial charge in [0.25, 0.3) is 11.7 Å². The Balaban J connectivity index is 3.08. The maximum atomic E-state index is 9.25. The third-order valence-corrected chi connectivity index (χ3v) is 1.69. The summed E-state index contributed by atoms with van der Waals surface area (Å²) in [5.41, 5.74) is 4.66. The van der Waals surface area contributed by atoms with Crippen molar-refractivity contribution < 1.29 is 20.4 Å². The number of aliphatic hydroxyl groups is 4. The van der Waals surface area contributed by atoms with Crippen LogP contribution in [0.2, 0.25) is 0 Å². The highest BCUT2D eigenvalue weighted by Crippen LogP contribution is 2.24. The summed E-state index contributed by atoms with van der Waals surface area (Å²) in [6.45, 7) is 0. The molecule has 0 saturated heterocycles. The number of benzene rings is 1. The zero-order valence-electron chi connectivity index (χ0n) is 6.75. The molecule has 1 aromatic rings. The van der Waals surface area contributed by atoms with Gasteiger partial charge in [0.1, 0.15) is 0 Å². The van der Waals surface area contributed by atoms with Gasteiger partial charge in [0, 0.05) is 5.56 Å². The normalized spacial score (nSPS) is 13.0. The van der Waals surface area contributed by atoms with Crippen molar-refractivity contribution in [2.24, 2.45) is 5.73 Å². The van der Waals surface area contributed by atoms with Gasteiger partial charge in [-0.15, -0.1) is 0 Å². The summed E-state index contributed by atoms with van der Waals surface area (Å²) in [7, 11) is 0. The van der Waals surface area contributed by atoms with Crippen LogP contribution in [-0.2, 0) is 5.79 Å². The van der Waals surface area contributed by atoms with Crippen LogP contribution in [0.15, 0.2) is 30.3 Å². The lowest BCUT2D eigenvalue weighted by Gasteiger charge is -2.31. The van der Waals surface area contributed by atoms with E-state index in [1.54, 1.807) is 6.07 Å². The van der Waals surface area contributed by atoms with Crippen molar-refractivity contribution in [3.63, 3.8) is 0 Å². The molecule has 0 amide bonds. The summed E-state index contributed by atoms with van der Waals surface area (Å²) in [5, 5.41) is 36.2. The first-order valence-electron chi connectivity index (χ1n) is 3.59. The molecule has 0 unspecified atom stereocenters. The van der Waals surface area contributed by atoms with Gasteiger partial charge in [-0.05, 0) is 0 Å². The van der Waals surface area contributed by atoms with Crippen molar-refractivity contribution in [2.45, 2.75) is 11.7 Å². The Morgan fingerprint density at radius 1 is 0.923 bits per heavy atom. The molecule has 1 rings (SSSR count). The minimum absolute atomic E-state index is 0.0949. The zero-order chi connectivity index (χ0) is 10.1. The standard InChI is InChI=1S/C8H11NO4/c9-8(12,13)7(10,11)6-4-2-1-3-5-6/h1-5,10-13H,9H2. The fourth-order valence-electron chi connectivity index (χ4n) is 0.883. The molecule has 0 saturated carbocycles. The molecule has 0 fully saturated rings. The Morgan fingerprint density at radius 2 is 1.38 bits per heavy atom. The molecule has 0 bridgehead atoms. The van der Waals surface area contributed by atoms with E-state index in [0.717, 1.165) is 0 Å². The van der Waals surface area contributed by atoms with Crippen LogP contribution in [0.4, 0.5) is 0 Å². The van der Waals surface area contributed by atoms with Crippen LogP contribution in [-0.4, -0.2) is 26.3 Å². The van der Waals surface area contributed by atoms with E-state index in [0.29, 0.717) is 0 Å². The van der Waals surface area contributed by atoms with Crippen LogP contribution in [0.25, 0.3) is 0 Å². The molecular weight excluding hydrogens is 174 g/mol. The van der Waals surface area contributed by atoms with Gasteiger partial charge in [-0.1, -0.05) is 30.3 Å². The molecule has 0 aliphatic carbocycles. The van der Waals surface area contributed by atoms with E-state index in [1.807, 2.05) is 0 Å². The maximum absolute atomic E-state index is 9.25. The number of hydrogen-bond donors (Lipinski definition) is 5. The van der Waals surface area contributed by atoms with Crippen LogP contribution in [0.1, 0.15) is 5.56 Å². The van der Waals surface area contributed by atoms with E-state index >= 15 is 0 Å². The molecule has 0 aliphatic heterocycles. The van der Waals surface area contributed by atoms with Gasteiger partial charge in [-0.25, -0.2) is 0 Å². The topological polar surface area (TPSA) is 107 Å². The highest BCUT2D eigenvalue weighted by molar-refractivity contribution is 5.21. The molecule has 0 atom stereocenters. The maximum Gasteiger partial charge on any atom is 0.281 e. The minimum Gasteiger partial charge on any atom is -0.357 e. The third kappa shape index (κ3) is 1.85. The molecule has 13 heavy (non-hydrogen) atoms. The van der Waals surface area contributed by atoms with E-state index in [9.17, 15) is 10.2 Å². The number of hydrogen-bond acceptors (Lipinski definition) is 5. The molecule has 0 radical (unpaired) electrons. The lowest BCUT2D eigenvalue weighted by molar-refractivity contribution is -0.363. The lowest BCUT2D eigenvalue weighted by Crippen LogP contribution is -2.58. The SMILES string of the molecule is NC(O)(O)C(O)(O)c1ccccc1. The van der Waals surface area contributed by atoms with E-state index in [1.165, 1.54) is 24.3 Å². The fraction of sp³-hybridized carbons (Fsp3) is 0.250. The van der Waals surface area contributed by atoms with Crippen LogP contribution in [0.5, 0.6) is 0 Å². The summed E-state index contributed by atoms with van der Waals surface area (Å²) < 4.78 is 0. The largest absolute Gasteiger partial charge is 0.357 e. The Kier molecular flexibility index (Phi) is 2.38. The summed E-state index contributed by atoms with van der Waals surface area (Å²) >= 11 is 0. The summed E-state index contributed by atoms with van der Waals surface area (Å²) in [5.74, 6) is -5.97.